The fraction of sp³-hybridized carbons (Fsp3) is 0.769. The molecule has 0 amide bonds. The van der Waals surface area contributed by atoms with Crippen LogP contribution in [0.15, 0.2) is 0 Å². The fourth-order valence-electron chi connectivity index (χ4n) is 2.18. The lowest BCUT2D eigenvalue weighted by Gasteiger charge is -2.21. The number of hydrogen-bond acceptors (Lipinski definition) is 4. The molecule has 1 heterocycles. The van der Waals surface area contributed by atoms with Gasteiger partial charge in [0.2, 0.25) is 0 Å². The largest absolute Gasteiger partial charge is 0.385 e. The van der Waals surface area contributed by atoms with Gasteiger partial charge in [0.1, 0.15) is 5.82 Å². The minimum Gasteiger partial charge on any atom is -0.385 e. The predicted octanol–water partition coefficient (Wildman–Crippen LogP) is 1.31. The summed E-state index contributed by atoms with van der Waals surface area (Å²) in [5.74, 6) is 1.20. The summed E-state index contributed by atoms with van der Waals surface area (Å²) in [4.78, 5) is 2.26. The lowest BCUT2D eigenvalue weighted by molar-refractivity contribution is 0.196. The Morgan fingerprint density at radius 1 is 1.44 bits per heavy atom. The molecule has 18 heavy (non-hydrogen) atoms. The molecule has 0 radical (unpaired) electrons. The van der Waals surface area contributed by atoms with Crippen molar-refractivity contribution in [2.75, 3.05) is 38.8 Å². The molecule has 5 heteroatoms. The molecule has 0 aliphatic carbocycles. The molecule has 5 nitrogen and oxygen atoms in total. The van der Waals surface area contributed by atoms with E-state index in [0.29, 0.717) is 0 Å². The molecular formula is C13H26N4O. The quantitative estimate of drug-likeness (QED) is 0.710. The van der Waals surface area contributed by atoms with Gasteiger partial charge in [-0.3, -0.25) is 4.68 Å². The van der Waals surface area contributed by atoms with Gasteiger partial charge in [0, 0.05) is 46.5 Å². The van der Waals surface area contributed by atoms with E-state index in [9.17, 15) is 0 Å². The summed E-state index contributed by atoms with van der Waals surface area (Å²) in [7, 11) is 5.86. The van der Waals surface area contributed by atoms with Crippen molar-refractivity contribution in [3.05, 3.63) is 11.3 Å². The predicted molar refractivity (Wildman–Crippen MR) is 75.1 cm³/mol. The average molecular weight is 254 g/mol. The van der Waals surface area contributed by atoms with Crippen molar-refractivity contribution in [3.63, 3.8) is 0 Å². The molecule has 1 N–H and O–H groups in total. The van der Waals surface area contributed by atoms with E-state index >= 15 is 0 Å². The molecule has 0 aliphatic rings. The van der Waals surface area contributed by atoms with Crippen LogP contribution in [0.1, 0.15) is 24.6 Å². The number of nitrogens with one attached hydrogen (secondary N) is 1. The maximum absolute atomic E-state index is 5.10. The number of ether oxygens (including phenoxy) is 1. The Bertz CT molecular complexity index is 362. The minimum absolute atomic E-state index is 0.795. The van der Waals surface area contributed by atoms with Gasteiger partial charge in [-0.15, -0.1) is 0 Å². The summed E-state index contributed by atoms with van der Waals surface area (Å²) in [6.07, 6.45) is 1.03. The maximum Gasteiger partial charge on any atom is 0.131 e. The topological polar surface area (TPSA) is 42.3 Å². The zero-order valence-electron chi connectivity index (χ0n) is 12.3. The van der Waals surface area contributed by atoms with E-state index in [1.54, 1.807) is 7.11 Å². The molecule has 0 bridgehead atoms. The van der Waals surface area contributed by atoms with Crippen LogP contribution in [0.2, 0.25) is 0 Å². The van der Waals surface area contributed by atoms with Crippen molar-refractivity contribution in [2.45, 2.75) is 26.8 Å². The van der Waals surface area contributed by atoms with Crippen LogP contribution in [0.4, 0.5) is 5.82 Å². The monoisotopic (exact) mass is 254 g/mol. The number of aromatic nitrogens is 2. The van der Waals surface area contributed by atoms with E-state index in [4.69, 9.17) is 4.74 Å². The van der Waals surface area contributed by atoms with Crippen LogP contribution in [-0.4, -0.2) is 43.6 Å². The van der Waals surface area contributed by atoms with Crippen LogP contribution in [0, 0.1) is 6.92 Å². The molecule has 0 aliphatic heterocycles. The Kier molecular flexibility index (Phi) is 6.15. The third-order valence-electron chi connectivity index (χ3n) is 3.07. The first kappa shape index (κ1) is 15.0. The van der Waals surface area contributed by atoms with Gasteiger partial charge in [-0.2, -0.15) is 5.10 Å². The molecule has 1 aromatic heterocycles. The number of hydrogen-bond donors (Lipinski definition) is 1. The Morgan fingerprint density at radius 3 is 2.78 bits per heavy atom. The number of methoxy groups -OCH3 is 1. The van der Waals surface area contributed by atoms with Crippen LogP contribution in [0.3, 0.4) is 0 Å². The molecule has 0 saturated carbocycles. The first-order chi connectivity index (χ1) is 8.61. The Labute approximate surface area is 110 Å². The molecule has 0 atom stereocenters. The first-order valence-electron chi connectivity index (χ1n) is 6.55. The molecule has 0 saturated heterocycles. The van der Waals surface area contributed by atoms with Crippen molar-refractivity contribution in [3.8, 4) is 0 Å². The van der Waals surface area contributed by atoms with Crippen LogP contribution in [0.25, 0.3) is 0 Å². The maximum atomic E-state index is 5.10. The van der Waals surface area contributed by atoms with Gasteiger partial charge in [-0.25, -0.2) is 0 Å². The van der Waals surface area contributed by atoms with E-state index < -0.39 is 0 Å². The second kappa shape index (κ2) is 7.38. The Balaban J connectivity index is 2.78. The molecule has 104 valence electrons. The van der Waals surface area contributed by atoms with Crippen LogP contribution in [-0.2, 0) is 18.3 Å². The van der Waals surface area contributed by atoms with Crippen LogP contribution < -0.4 is 10.2 Å². The number of aryl methyl sites for hydroxylation is 2. The van der Waals surface area contributed by atoms with E-state index in [0.717, 1.165) is 38.4 Å². The first-order valence-corrected chi connectivity index (χ1v) is 6.55. The highest BCUT2D eigenvalue weighted by Gasteiger charge is 2.16. The third kappa shape index (κ3) is 3.71. The van der Waals surface area contributed by atoms with Gasteiger partial charge in [-0.1, -0.05) is 6.92 Å². The molecule has 0 spiro atoms. The third-order valence-corrected chi connectivity index (χ3v) is 3.07. The highest BCUT2D eigenvalue weighted by Crippen LogP contribution is 2.22. The Morgan fingerprint density at radius 2 is 2.17 bits per heavy atom. The van der Waals surface area contributed by atoms with Crippen molar-refractivity contribution in [2.24, 2.45) is 7.05 Å². The van der Waals surface area contributed by atoms with Gasteiger partial charge in [0.05, 0.1) is 5.69 Å². The second-order valence-electron chi connectivity index (χ2n) is 4.56. The van der Waals surface area contributed by atoms with Gasteiger partial charge in [-0.05, 0) is 19.9 Å². The van der Waals surface area contributed by atoms with E-state index in [-0.39, 0.29) is 0 Å². The van der Waals surface area contributed by atoms with E-state index in [1.165, 1.54) is 11.4 Å². The van der Waals surface area contributed by atoms with E-state index in [2.05, 4.69) is 36.2 Å². The summed E-state index contributed by atoms with van der Waals surface area (Å²) in [5.41, 5.74) is 2.39. The number of nitrogens with zero attached hydrogens (tertiary/aromatic N) is 3. The van der Waals surface area contributed by atoms with E-state index in [1.807, 2.05) is 11.7 Å². The van der Waals surface area contributed by atoms with Crippen molar-refractivity contribution < 1.29 is 4.74 Å². The molecular weight excluding hydrogens is 228 g/mol. The van der Waals surface area contributed by atoms with Crippen molar-refractivity contribution in [1.82, 2.24) is 15.1 Å². The van der Waals surface area contributed by atoms with Crippen LogP contribution >= 0.6 is 0 Å². The summed E-state index contributed by atoms with van der Waals surface area (Å²) in [6, 6.07) is 0. The molecule has 0 unspecified atom stereocenters. The fourth-order valence-corrected chi connectivity index (χ4v) is 2.18. The van der Waals surface area contributed by atoms with Gasteiger partial charge in [0.25, 0.3) is 0 Å². The SMILES string of the molecule is CCNCc1c(C)nn(C)c1N(C)CCCOC. The van der Waals surface area contributed by atoms with Crippen LogP contribution in [0.5, 0.6) is 0 Å². The van der Waals surface area contributed by atoms with Crippen molar-refractivity contribution in [1.29, 1.82) is 0 Å². The smallest absolute Gasteiger partial charge is 0.131 e. The summed E-state index contributed by atoms with van der Waals surface area (Å²) in [6.45, 7) is 7.81. The van der Waals surface area contributed by atoms with Gasteiger partial charge < -0.3 is 15.0 Å². The standard InChI is InChI=1S/C13H26N4O/c1-6-14-10-12-11(2)15-17(4)13(12)16(3)8-7-9-18-5/h14H,6-10H2,1-5H3. The highest BCUT2D eigenvalue weighted by atomic mass is 16.5. The number of rotatable bonds is 8. The lowest BCUT2D eigenvalue weighted by Crippen LogP contribution is -2.24. The summed E-state index contributed by atoms with van der Waals surface area (Å²) < 4.78 is 7.06. The lowest BCUT2D eigenvalue weighted by atomic mass is 10.2. The minimum atomic E-state index is 0.795. The molecule has 0 aromatic carbocycles. The molecule has 1 rings (SSSR count). The van der Waals surface area contributed by atoms with Gasteiger partial charge >= 0.3 is 0 Å². The number of anilines is 1. The summed E-state index contributed by atoms with van der Waals surface area (Å²) >= 11 is 0. The zero-order chi connectivity index (χ0) is 13.5. The second-order valence-corrected chi connectivity index (χ2v) is 4.56. The Hall–Kier alpha value is -1.07. The molecule has 1 aromatic rings. The summed E-state index contributed by atoms with van der Waals surface area (Å²) in [5, 5.41) is 7.89. The normalized spacial score (nSPS) is 10.9. The average Bonchev–Trinajstić information content (AvgIpc) is 2.61. The molecule has 0 fully saturated rings. The highest BCUT2D eigenvalue weighted by molar-refractivity contribution is 5.49. The van der Waals surface area contributed by atoms with Gasteiger partial charge in [0.15, 0.2) is 0 Å². The zero-order valence-corrected chi connectivity index (χ0v) is 12.3. The van der Waals surface area contributed by atoms with Crippen molar-refractivity contribution >= 4 is 5.82 Å².